The Morgan fingerprint density at radius 2 is 1.93 bits per heavy atom. The Hall–Kier alpha value is 1.01. The van der Waals surface area contributed by atoms with Crippen LogP contribution in [0.5, 0.6) is 0 Å². The summed E-state index contributed by atoms with van der Waals surface area (Å²) in [6.07, 6.45) is 1.43. The zero-order chi connectivity index (χ0) is 9.64. The molecular formula is C10H19NS3. The summed E-state index contributed by atoms with van der Waals surface area (Å²) in [6.45, 7) is 2.49. The third-order valence-corrected chi connectivity index (χ3v) is 6.79. The van der Waals surface area contributed by atoms with Crippen molar-refractivity contribution in [3.05, 3.63) is 0 Å². The maximum Gasteiger partial charge on any atom is 0.0263 e. The molecule has 2 atom stereocenters. The molecule has 0 spiro atoms. The molecular weight excluding hydrogens is 230 g/mol. The van der Waals surface area contributed by atoms with Crippen molar-refractivity contribution in [2.45, 2.75) is 11.7 Å². The minimum atomic E-state index is 0.878. The van der Waals surface area contributed by atoms with Gasteiger partial charge in [-0.25, -0.2) is 0 Å². The van der Waals surface area contributed by atoms with E-state index in [-0.39, 0.29) is 0 Å². The van der Waals surface area contributed by atoms with E-state index in [1.165, 1.54) is 48.3 Å². The molecule has 82 valence electrons. The van der Waals surface area contributed by atoms with E-state index in [2.05, 4.69) is 40.6 Å². The van der Waals surface area contributed by atoms with Crippen LogP contribution in [-0.4, -0.2) is 47.1 Å². The van der Waals surface area contributed by atoms with E-state index in [9.17, 15) is 0 Å². The van der Waals surface area contributed by atoms with Gasteiger partial charge in [0.05, 0.1) is 0 Å². The number of hydrogen-bond donors (Lipinski definition) is 1. The Labute approximate surface area is 99.9 Å². The second-order valence-corrected chi connectivity index (χ2v) is 7.66. The quantitative estimate of drug-likeness (QED) is 0.819. The van der Waals surface area contributed by atoms with Crippen LogP contribution in [0.25, 0.3) is 0 Å². The highest BCUT2D eigenvalue weighted by Gasteiger charge is 2.17. The first kappa shape index (κ1) is 11.5. The van der Waals surface area contributed by atoms with Gasteiger partial charge in [-0.1, -0.05) is 0 Å². The molecule has 2 aliphatic rings. The fourth-order valence-electron chi connectivity index (χ4n) is 1.85. The van der Waals surface area contributed by atoms with E-state index < -0.39 is 0 Å². The monoisotopic (exact) mass is 249 g/mol. The topological polar surface area (TPSA) is 12.0 Å². The van der Waals surface area contributed by atoms with Gasteiger partial charge >= 0.3 is 0 Å². The molecule has 0 amide bonds. The average Bonchev–Trinajstić information content (AvgIpc) is 2.72. The molecule has 1 N–H and O–H groups in total. The summed E-state index contributed by atoms with van der Waals surface area (Å²) < 4.78 is 0. The molecule has 2 unspecified atom stereocenters. The Morgan fingerprint density at radius 3 is 2.64 bits per heavy atom. The van der Waals surface area contributed by atoms with Gasteiger partial charge in [0.2, 0.25) is 0 Å². The third kappa shape index (κ3) is 3.87. The summed E-state index contributed by atoms with van der Waals surface area (Å²) in [5.74, 6) is 7.81. The molecule has 0 aromatic carbocycles. The lowest BCUT2D eigenvalue weighted by molar-refractivity contribution is 0.526. The summed E-state index contributed by atoms with van der Waals surface area (Å²) in [7, 11) is 0. The van der Waals surface area contributed by atoms with Crippen LogP contribution in [0.1, 0.15) is 6.42 Å². The largest absolute Gasteiger partial charge is 0.315 e. The van der Waals surface area contributed by atoms with E-state index in [1.807, 2.05) is 0 Å². The first-order valence-electron chi connectivity index (χ1n) is 5.43. The van der Waals surface area contributed by atoms with E-state index in [0.29, 0.717) is 0 Å². The predicted octanol–water partition coefficient (Wildman–Crippen LogP) is 2.18. The standard InChI is InChI=1S/C10H19NS3/c1-2-12-7-9(1)5-11-6-10-8-13-3-4-14-10/h9-11H,1-8H2. The molecule has 2 aliphatic heterocycles. The maximum absolute atomic E-state index is 3.65. The van der Waals surface area contributed by atoms with Crippen LogP contribution in [-0.2, 0) is 0 Å². The summed E-state index contributed by atoms with van der Waals surface area (Å²) >= 11 is 6.40. The number of nitrogens with one attached hydrogen (secondary N) is 1. The van der Waals surface area contributed by atoms with Crippen molar-refractivity contribution in [2.75, 3.05) is 41.9 Å². The fraction of sp³-hybridized carbons (Fsp3) is 1.00. The number of thioether (sulfide) groups is 3. The lowest BCUT2D eigenvalue weighted by atomic mass is 10.1. The van der Waals surface area contributed by atoms with Crippen LogP contribution >= 0.6 is 35.3 Å². The third-order valence-electron chi connectivity index (χ3n) is 2.71. The van der Waals surface area contributed by atoms with Crippen molar-refractivity contribution in [1.29, 1.82) is 0 Å². The van der Waals surface area contributed by atoms with Crippen LogP contribution in [0, 0.1) is 5.92 Å². The zero-order valence-corrected chi connectivity index (χ0v) is 11.0. The average molecular weight is 249 g/mol. The highest BCUT2D eigenvalue weighted by Crippen LogP contribution is 2.24. The lowest BCUT2D eigenvalue weighted by Gasteiger charge is -2.22. The van der Waals surface area contributed by atoms with Crippen LogP contribution in [0.2, 0.25) is 0 Å². The van der Waals surface area contributed by atoms with Crippen molar-refractivity contribution in [1.82, 2.24) is 5.32 Å². The minimum absolute atomic E-state index is 0.878. The molecule has 0 radical (unpaired) electrons. The van der Waals surface area contributed by atoms with Crippen LogP contribution in [0.3, 0.4) is 0 Å². The van der Waals surface area contributed by atoms with Gasteiger partial charge in [-0.2, -0.15) is 35.3 Å². The predicted molar refractivity (Wildman–Crippen MR) is 71.9 cm³/mol. The SMILES string of the molecule is C1CC(CNCC2CSCCS2)CS1. The van der Waals surface area contributed by atoms with Crippen LogP contribution in [0.15, 0.2) is 0 Å². The van der Waals surface area contributed by atoms with Crippen molar-refractivity contribution in [3.8, 4) is 0 Å². The van der Waals surface area contributed by atoms with Gasteiger partial charge in [0.1, 0.15) is 0 Å². The minimum Gasteiger partial charge on any atom is -0.315 e. The number of hydrogen-bond acceptors (Lipinski definition) is 4. The maximum atomic E-state index is 3.65. The molecule has 4 heteroatoms. The van der Waals surface area contributed by atoms with Gasteiger partial charge in [0.25, 0.3) is 0 Å². The molecule has 1 nitrogen and oxygen atoms in total. The fourth-order valence-corrected chi connectivity index (χ4v) is 5.78. The Kier molecular flexibility index (Phi) is 5.39. The van der Waals surface area contributed by atoms with Gasteiger partial charge in [0.15, 0.2) is 0 Å². The highest BCUT2D eigenvalue weighted by molar-refractivity contribution is 8.06. The molecule has 0 saturated carbocycles. The molecule has 2 rings (SSSR count). The van der Waals surface area contributed by atoms with Crippen molar-refractivity contribution in [3.63, 3.8) is 0 Å². The highest BCUT2D eigenvalue weighted by atomic mass is 32.2. The van der Waals surface area contributed by atoms with Crippen LogP contribution < -0.4 is 5.32 Å². The van der Waals surface area contributed by atoms with Gasteiger partial charge in [-0.05, 0) is 30.4 Å². The molecule has 2 fully saturated rings. The molecule has 14 heavy (non-hydrogen) atoms. The zero-order valence-electron chi connectivity index (χ0n) is 8.54. The normalized spacial score (nSPS) is 33.4. The molecule has 2 heterocycles. The first-order chi connectivity index (χ1) is 6.95. The Morgan fingerprint density at radius 1 is 1.00 bits per heavy atom. The van der Waals surface area contributed by atoms with Gasteiger partial charge in [-0.3, -0.25) is 0 Å². The Balaban J connectivity index is 1.52. The molecule has 0 aromatic rings. The van der Waals surface area contributed by atoms with Crippen LogP contribution in [0.4, 0.5) is 0 Å². The van der Waals surface area contributed by atoms with Gasteiger partial charge in [0, 0.05) is 29.1 Å². The Bertz CT molecular complexity index is 153. The van der Waals surface area contributed by atoms with Crippen molar-refractivity contribution < 1.29 is 0 Å². The summed E-state index contributed by atoms with van der Waals surface area (Å²) in [6, 6.07) is 0. The molecule has 2 saturated heterocycles. The molecule has 0 aliphatic carbocycles. The second kappa shape index (κ2) is 6.56. The summed E-state index contributed by atoms with van der Waals surface area (Å²) in [4.78, 5) is 0. The smallest absolute Gasteiger partial charge is 0.0263 e. The van der Waals surface area contributed by atoms with Crippen molar-refractivity contribution >= 4 is 35.3 Å². The molecule has 0 bridgehead atoms. The first-order valence-corrected chi connectivity index (χ1v) is 8.79. The van der Waals surface area contributed by atoms with E-state index >= 15 is 0 Å². The van der Waals surface area contributed by atoms with E-state index in [4.69, 9.17) is 0 Å². The van der Waals surface area contributed by atoms with E-state index in [0.717, 1.165) is 11.2 Å². The van der Waals surface area contributed by atoms with E-state index in [1.54, 1.807) is 0 Å². The second-order valence-electron chi connectivity index (χ2n) is 3.96. The van der Waals surface area contributed by atoms with Gasteiger partial charge in [-0.15, -0.1) is 0 Å². The van der Waals surface area contributed by atoms with Crippen molar-refractivity contribution in [2.24, 2.45) is 5.92 Å². The van der Waals surface area contributed by atoms with Gasteiger partial charge < -0.3 is 5.32 Å². The lowest BCUT2D eigenvalue weighted by Crippen LogP contribution is -2.32. The summed E-state index contributed by atoms with van der Waals surface area (Å²) in [5, 5.41) is 4.53. The summed E-state index contributed by atoms with van der Waals surface area (Å²) in [5.41, 5.74) is 0. The molecule has 0 aromatic heterocycles. The number of rotatable bonds is 4.